The highest BCUT2D eigenvalue weighted by Crippen LogP contribution is 2.19. The molecule has 1 fully saturated rings. The molecule has 1 aliphatic rings. The maximum absolute atomic E-state index is 5.41. The van der Waals surface area contributed by atoms with Crippen molar-refractivity contribution in [3.63, 3.8) is 0 Å². The lowest BCUT2D eigenvalue weighted by molar-refractivity contribution is 0.190. The van der Waals surface area contributed by atoms with Crippen LogP contribution in [0.5, 0.6) is 0 Å². The van der Waals surface area contributed by atoms with Gasteiger partial charge in [0.15, 0.2) is 5.82 Å². The van der Waals surface area contributed by atoms with E-state index in [0.717, 1.165) is 36.4 Å². The fourth-order valence-corrected chi connectivity index (χ4v) is 2.84. The van der Waals surface area contributed by atoms with E-state index in [1.807, 2.05) is 35.1 Å². The Bertz CT molecular complexity index is 785. The van der Waals surface area contributed by atoms with Crippen LogP contribution >= 0.6 is 12.4 Å². The third-order valence-corrected chi connectivity index (χ3v) is 4.13. The average molecular weight is 335 g/mol. The third-order valence-electron chi connectivity index (χ3n) is 4.13. The molecule has 23 heavy (non-hydrogen) atoms. The fraction of sp³-hybridized carbons (Fsp3) is 0.400. The second-order valence-corrected chi connectivity index (χ2v) is 5.61. The number of fused-ring (bicyclic) bond motifs is 1. The van der Waals surface area contributed by atoms with E-state index < -0.39 is 0 Å². The quantitative estimate of drug-likeness (QED) is 0.782. The van der Waals surface area contributed by atoms with Gasteiger partial charge in [-0.25, -0.2) is 0 Å². The van der Waals surface area contributed by atoms with Crippen molar-refractivity contribution in [2.24, 2.45) is 0 Å². The van der Waals surface area contributed by atoms with Gasteiger partial charge in [0, 0.05) is 25.0 Å². The van der Waals surface area contributed by atoms with Crippen LogP contribution in [0, 0.1) is 0 Å². The molecule has 0 amide bonds. The molecule has 3 aromatic rings. The Balaban J connectivity index is 0.00000156. The van der Waals surface area contributed by atoms with Gasteiger partial charge in [-0.1, -0.05) is 23.4 Å². The van der Waals surface area contributed by atoms with Crippen LogP contribution in [-0.4, -0.2) is 51.5 Å². The summed E-state index contributed by atoms with van der Waals surface area (Å²) in [7, 11) is 2.09. The smallest absolute Gasteiger partial charge is 0.248 e. The van der Waals surface area contributed by atoms with Crippen molar-refractivity contribution in [2.45, 2.75) is 12.6 Å². The second-order valence-electron chi connectivity index (χ2n) is 5.61. The maximum Gasteiger partial charge on any atom is 0.248 e. The van der Waals surface area contributed by atoms with Crippen LogP contribution in [0.4, 0.5) is 0 Å². The van der Waals surface area contributed by atoms with E-state index in [-0.39, 0.29) is 18.4 Å². The lowest BCUT2D eigenvalue weighted by Crippen LogP contribution is -2.44. The van der Waals surface area contributed by atoms with Crippen molar-refractivity contribution in [1.82, 2.24) is 30.1 Å². The first-order chi connectivity index (χ1) is 10.8. The van der Waals surface area contributed by atoms with E-state index in [1.54, 1.807) is 0 Å². The second kappa shape index (κ2) is 6.66. The van der Waals surface area contributed by atoms with E-state index in [1.165, 1.54) is 0 Å². The van der Waals surface area contributed by atoms with Crippen LogP contribution in [-0.2, 0) is 6.54 Å². The van der Waals surface area contributed by atoms with Crippen LogP contribution in [0.15, 0.2) is 35.0 Å². The van der Waals surface area contributed by atoms with Crippen molar-refractivity contribution in [3.8, 4) is 0 Å². The Labute approximate surface area is 140 Å². The Hall–Kier alpha value is -1.96. The number of nitrogens with one attached hydrogen (secondary N) is 1. The highest BCUT2D eigenvalue weighted by molar-refractivity contribution is 5.85. The summed E-state index contributed by atoms with van der Waals surface area (Å²) in [5, 5.41) is 13.0. The average Bonchev–Trinajstić information content (AvgIpc) is 3.16. The molecule has 4 rings (SSSR count). The molecule has 0 saturated carbocycles. The van der Waals surface area contributed by atoms with Crippen LogP contribution in [0.3, 0.4) is 0 Å². The van der Waals surface area contributed by atoms with Gasteiger partial charge in [0.05, 0.1) is 17.8 Å². The molecule has 1 N–H and O–H groups in total. The zero-order valence-electron chi connectivity index (χ0n) is 12.8. The Morgan fingerprint density at radius 3 is 3.09 bits per heavy atom. The summed E-state index contributed by atoms with van der Waals surface area (Å²) in [6, 6.07) is 8.26. The van der Waals surface area contributed by atoms with Gasteiger partial charge in [-0.3, -0.25) is 9.58 Å². The van der Waals surface area contributed by atoms with Crippen LogP contribution in [0.25, 0.3) is 10.9 Å². The van der Waals surface area contributed by atoms with Gasteiger partial charge in [-0.2, -0.15) is 10.1 Å². The lowest BCUT2D eigenvalue weighted by Gasteiger charge is -2.30. The molecule has 1 aromatic carbocycles. The first-order valence-corrected chi connectivity index (χ1v) is 7.45. The normalized spacial score (nSPS) is 18.9. The van der Waals surface area contributed by atoms with E-state index in [4.69, 9.17) is 4.52 Å². The molecule has 1 unspecified atom stereocenters. The lowest BCUT2D eigenvalue weighted by atomic mass is 10.2. The van der Waals surface area contributed by atoms with Gasteiger partial charge in [0.1, 0.15) is 6.54 Å². The molecule has 8 heteroatoms. The predicted molar refractivity (Wildman–Crippen MR) is 88.6 cm³/mol. The van der Waals surface area contributed by atoms with Crippen molar-refractivity contribution in [3.05, 3.63) is 42.2 Å². The molecular weight excluding hydrogens is 316 g/mol. The largest absolute Gasteiger partial charge is 0.337 e. The standard InChI is InChI=1S/C15H18N6O.ClH/c1-20-7-6-16-9-13(20)15-18-14(22-19-15)10-21-12-5-3-2-4-11(12)8-17-21;/h2-5,8,13,16H,6-7,9-10H2,1H3;1H. The van der Waals surface area contributed by atoms with Gasteiger partial charge in [-0.15, -0.1) is 12.4 Å². The number of aromatic nitrogens is 4. The molecule has 0 aliphatic carbocycles. The number of hydrogen-bond donors (Lipinski definition) is 1. The first kappa shape index (κ1) is 15.9. The summed E-state index contributed by atoms with van der Waals surface area (Å²) in [5.41, 5.74) is 1.07. The molecule has 122 valence electrons. The number of piperazine rings is 1. The highest BCUT2D eigenvalue weighted by Gasteiger charge is 2.25. The number of hydrogen-bond acceptors (Lipinski definition) is 6. The Morgan fingerprint density at radius 2 is 2.22 bits per heavy atom. The molecule has 7 nitrogen and oxygen atoms in total. The number of rotatable bonds is 3. The van der Waals surface area contributed by atoms with Gasteiger partial charge in [0.2, 0.25) is 5.89 Å². The summed E-state index contributed by atoms with van der Waals surface area (Å²) in [4.78, 5) is 6.79. The zero-order chi connectivity index (χ0) is 14.9. The van der Waals surface area contributed by atoms with Crippen LogP contribution in [0.1, 0.15) is 17.8 Å². The minimum Gasteiger partial charge on any atom is -0.337 e. The van der Waals surface area contributed by atoms with Crippen LogP contribution < -0.4 is 5.32 Å². The van der Waals surface area contributed by atoms with Gasteiger partial charge in [-0.05, 0) is 13.1 Å². The summed E-state index contributed by atoms with van der Waals surface area (Å²) < 4.78 is 7.30. The molecule has 0 spiro atoms. The molecular formula is C15H19ClN6O. The van der Waals surface area contributed by atoms with E-state index >= 15 is 0 Å². The van der Waals surface area contributed by atoms with Crippen LogP contribution in [0.2, 0.25) is 0 Å². The topological polar surface area (TPSA) is 72.0 Å². The van der Waals surface area contributed by atoms with Crippen molar-refractivity contribution >= 4 is 23.3 Å². The van der Waals surface area contributed by atoms with E-state index in [2.05, 4.69) is 32.5 Å². The predicted octanol–water partition coefficient (Wildman–Crippen LogP) is 1.47. The van der Waals surface area contributed by atoms with E-state index in [0.29, 0.717) is 12.4 Å². The minimum atomic E-state index is 0. The maximum atomic E-state index is 5.41. The number of benzene rings is 1. The zero-order valence-corrected chi connectivity index (χ0v) is 13.7. The summed E-state index contributed by atoms with van der Waals surface area (Å²) >= 11 is 0. The SMILES string of the molecule is CN1CCNCC1c1noc(Cn2ncc3ccccc32)n1.Cl. The molecule has 1 atom stereocenters. The first-order valence-electron chi connectivity index (χ1n) is 7.45. The molecule has 0 radical (unpaired) electrons. The number of para-hydroxylation sites is 1. The molecule has 0 bridgehead atoms. The summed E-state index contributed by atoms with van der Waals surface area (Å²) in [6.45, 7) is 3.32. The summed E-state index contributed by atoms with van der Waals surface area (Å²) in [6.07, 6.45) is 1.85. The van der Waals surface area contributed by atoms with Gasteiger partial charge < -0.3 is 9.84 Å². The highest BCUT2D eigenvalue weighted by atomic mass is 35.5. The number of nitrogens with zero attached hydrogens (tertiary/aromatic N) is 5. The Morgan fingerprint density at radius 1 is 1.35 bits per heavy atom. The minimum absolute atomic E-state index is 0. The van der Waals surface area contributed by atoms with Crippen molar-refractivity contribution < 1.29 is 4.52 Å². The molecule has 2 aromatic heterocycles. The monoisotopic (exact) mass is 334 g/mol. The van der Waals surface area contributed by atoms with Gasteiger partial charge in [0.25, 0.3) is 0 Å². The van der Waals surface area contributed by atoms with E-state index in [9.17, 15) is 0 Å². The molecule has 3 heterocycles. The Kier molecular flexibility index (Phi) is 4.61. The van der Waals surface area contributed by atoms with Crippen molar-refractivity contribution in [2.75, 3.05) is 26.7 Å². The number of halogens is 1. The fourth-order valence-electron chi connectivity index (χ4n) is 2.84. The summed E-state index contributed by atoms with van der Waals surface area (Å²) in [5.74, 6) is 1.32. The van der Waals surface area contributed by atoms with Gasteiger partial charge >= 0.3 is 0 Å². The molecule has 1 aliphatic heterocycles. The van der Waals surface area contributed by atoms with Crippen molar-refractivity contribution in [1.29, 1.82) is 0 Å². The molecule has 1 saturated heterocycles. The number of likely N-dealkylation sites (N-methyl/N-ethyl adjacent to an activating group) is 1. The third kappa shape index (κ3) is 3.08.